The third kappa shape index (κ3) is 3.94. The van der Waals surface area contributed by atoms with Crippen molar-refractivity contribution < 1.29 is 4.79 Å². The van der Waals surface area contributed by atoms with E-state index in [1.165, 1.54) is 16.9 Å². The van der Waals surface area contributed by atoms with E-state index in [-0.39, 0.29) is 5.91 Å². The van der Waals surface area contributed by atoms with E-state index >= 15 is 0 Å². The Morgan fingerprint density at radius 1 is 1.15 bits per heavy atom. The summed E-state index contributed by atoms with van der Waals surface area (Å²) in [5.41, 5.74) is 4.84. The summed E-state index contributed by atoms with van der Waals surface area (Å²) in [6.07, 6.45) is 0. The predicted molar refractivity (Wildman–Crippen MR) is 107 cm³/mol. The SMILES string of the molecule is Cc1ccc(NC(C)(C(=O)N(C)Cc2cscn2)c2ccccc2)cc1. The van der Waals surface area contributed by atoms with Crippen LogP contribution in [0.1, 0.15) is 23.7 Å². The van der Waals surface area contributed by atoms with Crippen LogP contribution >= 0.6 is 11.3 Å². The molecule has 1 atom stereocenters. The highest BCUT2D eigenvalue weighted by Gasteiger charge is 2.37. The Kier molecular flexibility index (Phi) is 5.38. The van der Waals surface area contributed by atoms with Gasteiger partial charge in [-0.1, -0.05) is 48.0 Å². The van der Waals surface area contributed by atoms with Crippen molar-refractivity contribution in [3.63, 3.8) is 0 Å². The molecule has 3 rings (SSSR count). The van der Waals surface area contributed by atoms with Crippen LogP contribution in [0.5, 0.6) is 0 Å². The van der Waals surface area contributed by atoms with Crippen molar-refractivity contribution in [2.24, 2.45) is 0 Å². The molecule has 134 valence electrons. The average Bonchev–Trinajstić information content (AvgIpc) is 3.16. The fraction of sp³-hybridized carbons (Fsp3) is 0.238. The van der Waals surface area contributed by atoms with Crippen molar-refractivity contribution in [2.75, 3.05) is 12.4 Å². The Bertz CT molecular complexity index is 847. The van der Waals surface area contributed by atoms with Gasteiger partial charge in [0.2, 0.25) is 0 Å². The molecule has 1 heterocycles. The number of aromatic nitrogens is 1. The third-order valence-electron chi connectivity index (χ3n) is 4.45. The zero-order valence-corrected chi connectivity index (χ0v) is 16.1. The molecule has 0 spiro atoms. The maximum absolute atomic E-state index is 13.4. The number of likely N-dealkylation sites (N-methyl/N-ethyl adjacent to an activating group) is 1. The predicted octanol–water partition coefficient (Wildman–Crippen LogP) is 4.44. The number of thiazole rings is 1. The van der Waals surface area contributed by atoms with Crippen molar-refractivity contribution in [1.82, 2.24) is 9.88 Å². The van der Waals surface area contributed by atoms with Crippen LogP contribution in [-0.4, -0.2) is 22.8 Å². The van der Waals surface area contributed by atoms with Crippen LogP contribution in [0.3, 0.4) is 0 Å². The number of nitrogens with one attached hydrogen (secondary N) is 1. The molecule has 0 fully saturated rings. The molecule has 26 heavy (non-hydrogen) atoms. The number of benzene rings is 2. The molecule has 1 amide bonds. The number of hydrogen-bond donors (Lipinski definition) is 1. The zero-order chi connectivity index (χ0) is 18.6. The Labute approximate surface area is 158 Å². The van der Waals surface area contributed by atoms with E-state index in [1.807, 2.05) is 80.9 Å². The minimum atomic E-state index is -0.874. The van der Waals surface area contributed by atoms with E-state index in [0.29, 0.717) is 6.54 Å². The van der Waals surface area contributed by atoms with Gasteiger partial charge in [-0.25, -0.2) is 4.98 Å². The van der Waals surface area contributed by atoms with E-state index in [1.54, 1.807) is 10.4 Å². The van der Waals surface area contributed by atoms with E-state index in [9.17, 15) is 4.79 Å². The average molecular weight is 366 g/mol. The molecular formula is C21H23N3OS. The van der Waals surface area contributed by atoms with Crippen LogP contribution in [0.15, 0.2) is 65.5 Å². The summed E-state index contributed by atoms with van der Waals surface area (Å²) in [5, 5.41) is 5.42. The molecule has 0 radical (unpaired) electrons. The molecule has 1 unspecified atom stereocenters. The second-order valence-corrected chi connectivity index (χ2v) is 7.34. The quantitative estimate of drug-likeness (QED) is 0.702. The van der Waals surface area contributed by atoms with Gasteiger partial charge in [-0.15, -0.1) is 11.3 Å². The number of hydrogen-bond acceptors (Lipinski definition) is 4. The first kappa shape index (κ1) is 18.1. The summed E-state index contributed by atoms with van der Waals surface area (Å²) >= 11 is 1.54. The number of amides is 1. The molecule has 0 aliphatic heterocycles. The molecule has 0 saturated heterocycles. The second-order valence-electron chi connectivity index (χ2n) is 6.62. The van der Waals surface area contributed by atoms with Crippen LogP contribution in [-0.2, 0) is 16.9 Å². The first-order valence-electron chi connectivity index (χ1n) is 8.52. The lowest BCUT2D eigenvalue weighted by Crippen LogP contribution is -2.48. The Balaban J connectivity index is 1.91. The largest absolute Gasteiger partial charge is 0.368 e. The number of nitrogens with zero attached hydrogens (tertiary/aromatic N) is 2. The molecule has 4 nitrogen and oxygen atoms in total. The monoisotopic (exact) mass is 365 g/mol. The van der Waals surface area contributed by atoms with E-state index in [4.69, 9.17) is 0 Å². The maximum atomic E-state index is 13.4. The lowest BCUT2D eigenvalue weighted by Gasteiger charge is -2.34. The van der Waals surface area contributed by atoms with Crippen LogP contribution in [0, 0.1) is 6.92 Å². The zero-order valence-electron chi connectivity index (χ0n) is 15.3. The Morgan fingerprint density at radius 2 is 1.85 bits per heavy atom. The highest BCUT2D eigenvalue weighted by atomic mass is 32.1. The molecule has 1 aromatic heterocycles. The van der Waals surface area contributed by atoms with Crippen LogP contribution in [0.25, 0.3) is 0 Å². The molecule has 0 bridgehead atoms. The molecule has 5 heteroatoms. The fourth-order valence-electron chi connectivity index (χ4n) is 2.96. The van der Waals surface area contributed by atoms with Crippen molar-refractivity contribution in [1.29, 1.82) is 0 Å². The summed E-state index contributed by atoms with van der Waals surface area (Å²) in [6.45, 7) is 4.47. The van der Waals surface area contributed by atoms with E-state index in [2.05, 4.69) is 10.3 Å². The minimum absolute atomic E-state index is 0.00252. The van der Waals surface area contributed by atoms with Crippen LogP contribution < -0.4 is 5.32 Å². The first-order chi connectivity index (χ1) is 12.5. The van der Waals surface area contributed by atoms with Gasteiger partial charge in [0.05, 0.1) is 17.7 Å². The summed E-state index contributed by atoms with van der Waals surface area (Å²) in [5.74, 6) is -0.00252. The van der Waals surface area contributed by atoms with E-state index < -0.39 is 5.54 Å². The Morgan fingerprint density at radius 3 is 2.46 bits per heavy atom. The lowest BCUT2D eigenvalue weighted by molar-refractivity contribution is -0.135. The van der Waals surface area contributed by atoms with Gasteiger partial charge in [0.1, 0.15) is 5.54 Å². The molecule has 0 aliphatic rings. The third-order valence-corrected chi connectivity index (χ3v) is 5.09. The van der Waals surface area contributed by atoms with Crippen molar-refractivity contribution in [3.05, 3.63) is 82.3 Å². The normalized spacial score (nSPS) is 13.0. The molecule has 3 aromatic rings. The standard InChI is InChI=1S/C21H23N3OS/c1-16-9-11-18(12-10-16)23-21(2,17-7-5-4-6-8-17)20(25)24(3)13-19-14-26-15-22-19/h4-12,14-15,23H,13H2,1-3H3. The van der Waals surface area contributed by atoms with Gasteiger partial charge in [-0.2, -0.15) is 0 Å². The van der Waals surface area contributed by atoms with Crippen LogP contribution in [0.4, 0.5) is 5.69 Å². The lowest BCUT2D eigenvalue weighted by atomic mass is 9.89. The van der Waals surface area contributed by atoms with Crippen molar-refractivity contribution >= 4 is 22.9 Å². The van der Waals surface area contributed by atoms with Gasteiger partial charge in [0, 0.05) is 18.1 Å². The maximum Gasteiger partial charge on any atom is 0.252 e. The van der Waals surface area contributed by atoms with Gasteiger partial charge in [-0.3, -0.25) is 4.79 Å². The topological polar surface area (TPSA) is 45.2 Å². The van der Waals surface area contributed by atoms with Crippen LogP contribution in [0.2, 0.25) is 0 Å². The molecule has 1 N–H and O–H groups in total. The highest BCUT2D eigenvalue weighted by Crippen LogP contribution is 2.29. The van der Waals surface area contributed by atoms with Gasteiger partial charge >= 0.3 is 0 Å². The van der Waals surface area contributed by atoms with Gasteiger partial charge < -0.3 is 10.2 Å². The molecule has 0 aliphatic carbocycles. The summed E-state index contributed by atoms with van der Waals surface area (Å²) < 4.78 is 0. The minimum Gasteiger partial charge on any atom is -0.368 e. The number of carbonyl (C=O) groups excluding carboxylic acids is 1. The molecule has 2 aromatic carbocycles. The first-order valence-corrected chi connectivity index (χ1v) is 9.46. The smallest absolute Gasteiger partial charge is 0.252 e. The summed E-state index contributed by atoms with van der Waals surface area (Å²) in [6, 6.07) is 17.9. The summed E-state index contributed by atoms with van der Waals surface area (Å²) in [4.78, 5) is 19.4. The summed E-state index contributed by atoms with van der Waals surface area (Å²) in [7, 11) is 1.82. The fourth-order valence-corrected chi connectivity index (χ4v) is 3.51. The van der Waals surface area contributed by atoms with Crippen molar-refractivity contribution in [3.8, 4) is 0 Å². The number of aryl methyl sites for hydroxylation is 1. The van der Waals surface area contributed by atoms with Gasteiger partial charge in [-0.05, 0) is 31.5 Å². The van der Waals surface area contributed by atoms with Gasteiger partial charge in [0.25, 0.3) is 5.91 Å². The van der Waals surface area contributed by atoms with Gasteiger partial charge in [0.15, 0.2) is 0 Å². The molecule has 0 saturated carbocycles. The van der Waals surface area contributed by atoms with Crippen molar-refractivity contribution in [2.45, 2.75) is 25.9 Å². The number of carbonyl (C=O) groups is 1. The Hall–Kier alpha value is -2.66. The molecular weight excluding hydrogens is 342 g/mol. The second kappa shape index (κ2) is 7.70. The highest BCUT2D eigenvalue weighted by molar-refractivity contribution is 7.07. The van der Waals surface area contributed by atoms with E-state index in [0.717, 1.165) is 16.9 Å². The number of rotatable bonds is 6. The number of anilines is 1.